The minimum absolute atomic E-state index is 0.273. The molecule has 0 amide bonds. The minimum Gasteiger partial charge on any atom is -0.465 e. The Labute approximate surface area is 203 Å². The molecule has 0 saturated heterocycles. The summed E-state index contributed by atoms with van der Waals surface area (Å²) in [5.74, 6) is 0.502. The Hall–Kier alpha value is -2.30. The summed E-state index contributed by atoms with van der Waals surface area (Å²) < 4.78 is 20.6. The maximum atomic E-state index is 13.1. The first kappa shape index (κ1) is 22.9. The van der Waals surface area contributed by atoms with Crippen LogP contribution in [0.3, 0.4) is 0 Å². The number of halogens is 2. The number of benzene rings is 1. The van der Waals surface area contributed by atoms with Crippen LogP contribution in [0.25, 0.3) is 0 Å². The first-order valence-corrected chi connectivity index (χ1v) is 12.1. The van der Waals surface area contributed by atoms with Gasteiger partial charge in [-0.05, 0) is 76.6 Å². The summed E-state index contributed by atoms with van der Waals surface area (Å²) in [4.78, 5) is 13.7. The molecule has 6 nitrogen and oxygen atoms in total. The number of hydrogen-bond acceptors (Lipinski definition) is 5. The molecule has 1 aromatic carbocycles. The van der Waals surface area contributed by atoms with Crippen molar-refractivity contribution in [1.29, 1.82) is 0 Å². The average molecular weight is 537 g/mol. The van der Waals surface area contributed by atoms with Crippen molar-refractivity contribution >= 4 is 61.4 Å². The van der Waals surface area contributed by atoms with Gasteiger partial charge in [0, 0.05) is 11.1 Å². The van der Waals surface area contributed by atoms with Crippen molar-refractivity contribution in [2.75, 3.05) is 17.7 Å². The first-order valence-electron chi connectivity index (χ1n) is 10.1. The van der Waals surface area contributed by atoms with Gasteiger partial charge in [0.25, 0.3) is 0 Å². The summed E-state index contributed by atoms with van der Waals surface area (Å²) in [5, 5.41) is 11.8. The van der Waals surface area contributed by atoms with Crippen molar-refractivity contribution in [1.82, 2.24) is 9.78 Å². The number of aromatic nitrogens is 2. The fourth-order valence-corrected chi connectivity index (χ4v) is 5.82. The van der Waals surface area contributed by atoms with E-state index < -0.39 is 0 Å². The van der Waals surface area contributed by atoms with E-state index in [0.29, 0.717) is 34.0 Å². The normalized spacial score (nSPS) is 15.2. The van der Waals surface area contributed by atoms with Gasteiger partial charge in [-0.25, -0.2) is 9.18 Å². The van der Waals surface area contributed by atoms with Gasteiger partial charge in [0.2, 0.25) is 0 Å². The third-order valence-corrected chi connectivity index (χ3v) is 7.29. The molecule has 1 aliphatic rings. The molecule has 10 heteroatoms. The lowest BCUT2D eigenvalue weighted by Crippen LogP contribution is -2.21. The molecule has 2 aromatic heterocycles. The van der Waals surface area contributed by atoms with E-state index >= 15 is 0 Å². The van der Waals surface area contributed by atoms with Crippen molar-refractivity contribution in [2.45, 2.75) is 32.7 Å². The van der Waals surface area contributed by atoms with Gasteiger partial charge in [-0.3, -0.25) is 4.68 Å². The van der Waals surface area contributed by atoms with E-state index in [9.17, 15) is 9.18 Å². The van der Waals surface area contributed by atoms with Gasteiger partial charge in [0.05, 0.1) is 23.7 Å². The number of methoxy groups -OCH3 is 1. The molecule has 0 aliphatic heterocycles. The zero-order valence-electron chi connectivity index (χ0n) is 17.6. The maximum Gasteiger partial charge on any atom is 0.341 e. The number of thiophene rings is 1. The highest BCUT2D eigenvalue weighted by Crippen LogP contribution is 2.40. The molecule has 1 unspecified atom stereocenters. The van der Waals surface area contributed by atoms with Crippen molar-refractivity contribution in [2.24, 2.45) is 5.92 Å². The number of carbonyl (C=O) groups is 1. The number of esters is 1. The molecule has 0 saturated carbocycles. The van der Waals surface area contributed by atoms with Crippen LogP contribution in [0.15, 0.2) is 34.9 Å². The number of nitrogens with one attached hydrogen (secondary N) is 2. The second-order valence-electron chi connectivity index (χ2n) is 7.78. The van der Waals surface area contributed by atoms with E-state index in [-0.39, 0.29) is 11.8 Å². The van der Waals surface area contributed by atoms with E-state index in [1.165, 1.54) is 24.1 Å². The molecule has 3 aromatic rings. The topological polar surface area (TPSA) is 68.2 Å². The van der Waals surface area contributed by atoms with Crippen LogP contribution in [0.1, 0.15) is 39.7 Å². The molecule has 1 aliphatic carbocycles. The summed E-state index contributed by atoms with van der Waals surface area (Å²) in [6.07, 6.45) is 4.68. The van der Waals surface area contributed by atoms with Crippen molar-refractivity contribution in [3.63, 3.8) is 0 Å². The number of fused-ring (bicyclic) bond motifs is 1. The van der Waals surface area contributed by atoms with Gasteiger partial charge in [-0.2, -0.15) is 5.10 Å². The lowest BCUT2D eigenvalue weighted by Gasteiger charge is -2.18. The molecule has 2 heterocycles. The Kier molecular flexibility index (Phi) is 6.92. The lowest BCUT2D eigenvalue weighted by molar-refractivity contribution is 0.0601. The SMILES string of the molecule is COC(=O)c1c(NC(=S)Nc2nn(Cc3ccc(F)cc3)cc2Br)sc2c1CCC(C)C2. The summed E-state index contributed by atoms with van der Waals surface area (Å²) in [6, 6.07) is 6.29. The van der Waals surface area contributed by atoms with Crippen LogP contribution in [-0.4, -0.2) is 28.0 Å². The van der Waals surface area contributed by atoms with Gasteiger partial charge in [0.1, 0.15) is 10.8 Å². The molecular formula is C22H22BrFN4O2S2. The number of thiocarbonyl (C=S) groups is 1. The number of carbonyl (C=O) groups excluding carboxylic acids is 1. The molecule has 32 heavy (non-hydrogen) atoms. The Morgan fingerprint density at radius 2 is 2.12 bits per heavy atom. The molecule has 4 rings (SSSR count). The second-order valence-corrected chi connectivity index (χ2v) is 10.1. The fourth-order valence-electron chi connectivity index (χ4n) is 3.74. The zero-order valence-corrected chi connectivity index (χ0v) is 20.8. The van der Waals surface area contributed by atoms with Crippen LogP contribution in [0, 0.1) is 11.7 Å². The van der Waals surface area contributed by atoms with Gasteiger partial charge in [0.15, 0.2) is 10.9 Å². The third-order valence-electron chi connectivity index (χ3n) is 5.34. The van der Waals surface area contributed by atoms with E-state index in [4.69, 9.17) is 17.0 Å². The van der Waals surface area contributed by atoms with Crippen LogP contribution < -0.4 is 10.6 Å². The number of anilines is 2. The van der Waals surface area contributed by atoms with Gasteiger partial charge >= 0.3 is 5.97 Å². The summed E-state index contributed by atoms with van der Waals surface area (Å²) in [6.45, 7) is 2.71. The second kappa shape index (κ2) is 9.68. The highest BCUT2D eigenvalue weighted by Gasteiger charge is 2.28. The van der Waals surface area contributed by atoms with Gasteiger partial charge < -0.3 is 15.4 Å². The Morgan fingerprint density at radius 3 is 2.84 bits per heavy atom. The molecule has 0 spiro atoms. The Balaban J connectivity index is 1.49. The molecule has 2 N–H and O–H groups in total. The number of ether oxygens (including phenoxy) is 1. The number of hydrogen-bond donors (Lipinski definition) is 2. The van der Waals surface area contributed by atoms with E-state index in [0.717, 1.165) is 34.9 Å². The predicted molar refractivity (Wildman–Crippen MR) is 132 cm³/mol. The van der Waals surface area contributed by atoms with Crippen LogP contribution in [0.4, 0.5) is 15.2 Å². The summed E-state index contributed by atoms with van der Waals surface area (Å²) >= 11 is 10.5. The fraction of sp³-hybridized carbons (Fsp3) is 0.318. The van der Waals surface area contributed by atoms with E-state index in [1.54, 1.807) is 28.2 Å². The Morgan fingerprint density at radius 1 is 1.38 bits per heavy atom. The standard InChI is InChI=1S/C22H22BrFN4O2S2/c1-12-3-8-15-17(9-12)32-20(18(15)21(29)30-2)26-22(31)25-19-16(23)11-28(27-19)10-13-4-6-14(24)7-5-13/h4-7,11-12H,3,8-10H2,1-2H3,(H2,25,26,27,31). The van der Waals surface area contributed by atoms with Crippen LogP contribution in [0.5, 0.6) is 0 Å². The predicted octanol–water partition coefficient (Wildman–Crippen LogP) is 5.61. The van der Waals surface area contributed by atoms with Crippen molar-refractivity contribution < 1.29 is 13.9 Å². The maximum absolute atomic E-state index is 13.1. The molecule has 1 atom stereocenters. The molecule has 0 bridgehead atoms. The van der Waals surface area contributed by atoms with Gasteiger partial charge in [-0.1, -0.05) is 19.1 Å². The summed E-state index contributed by atoms with van der Waals surface area (Å²) in [5.41, 5.74) is 2.56. The number of nitrogens with zero attached hydrogens (tertiary/aromatic N) is 2. The monoisotopic (exact) mass is 536 g/mol. The van der Waals surface area contributed by atoms with E-state index in [2.05, 4.69) is 38.6 Å². The molecular weight excluding hydrogens is 515 g/mol. The highest BCUT2D eigenvalue weighted by molar-refractivity contribution is 9.10. The lowest BCUT2D eigenvalue weighted by atomic mass is 9.88. The third kappa shape index (κ3) is 5.02. The summed E-state index contributed by atoms with van der Waals surface area (Å²) in [7, 11) is 1.39. The molecule has 0 radical (unpaired) electrons. The number of rotatable bonds is 5. The smallest absolute Gasteiger partial charge is 0.341 e. The molecule has 168 valence electrons. The Bertz CT molecular complexity index is 1160. The van der Waals surface area contributed by atoms with Gasteiger partial charge in [-0.15, -0.1) is 11.3 Å². The first-order chi connectivity index (χ1) is 15.3. The molecule has 0 fully saturated rings. The quantitative estimate of drug-likeness (QED) is 0.326. The average Bonchev–Trinajstić information content (AvgIpc) is 3.27. The largest absolute Gasteiger partial charge is 0.465 e. The van der Waals surface area contributed by atoms with Crippen molar-refractivity contribution in [3.05, 3.63) is 62.3 Å². The van der Waals surface area contributed by atoms with Crippen molar-refractivity contribution in [3.8, 4) is 0 Å². The zero-order chi connectivity index (χ0) is 22.8. The minimum atomic E-state index is -0.355. The van der Waals surface area contributed by atoms with E-state index in [1.807, 2.05) is 6.20 Å². The van der Waals surface area contributed by atoms with Crippen LogP contribution in [0.2, 0.25) is 0 Å². The van der Waals surface area contributed by atoms with Crippen LogP contribution >= 0.6 is 39.5 Å². The highest BCUT2D eigenvalue weighted by atomic mass is 79.9. The van der Waals surface area contributed by atoms with Crippen LogP contribution in [-0.2, 0) is 24.1 Å².